The van der Waals surface area contributed by atoms with Crippen LogP contribution in [0.25, 0.3) is 10.2 Å². The van der Waals surface area contributed by atoms with Crippen LogP contribution in [0.2, 0.25) is 10.0 Å². The largest absolute Gasteiger partial charge is 0.380 e. The number of nitrogens with zero attached hydrogens (tertiary/aromatic N) is 2. The molecule has 1 heterocycles. The molecule has 3 rings (SSSR count). The number of thiazole rings is 1. The number of ether oxygens (including phenoxy) is 1. The Morgan fingerprint density at radius 2 is 2.12 bits per heavy atom. The van der Waals surface area contributed by atoms with Crippen LogP contribution in [0.1, 0.15) is 17.3 Å². The molecule has 8 heteroatoms. The molecule has 1 aromatic heterocycles. The van der Waals surface area contributed by atoms with Crippen molar-refractivity contribution in [3.8, 4) is 0 Å². The summed E-state index contributed by atoms with van der Waals surface area (Å²) in [5.41, 5.74) is 0.887. The van der Waals surface area contributed by atoms with E-state index in [0.29, 0.717) is 40.1 Å². The van der Waals surface area contributed by atoms with Crippen molar-refractivity contribution in [2.75, 3.05) is 13.2 Å². The van der Waals surface area contributed by atoms with Crippen LogP contribution in [0.4, 0.5) is 4.39 Å². The fourth-order valence-corrected chi connectivity index (χ4v) is 4.01. The second-order valence-corrected chi connectivity index (χ2v) is 7.16. The molecule has 2 aromatic carbocycles. The average Bonchev–Trinajstić information content (AvgIpc) is 2.96. The second-order valence-electron chi connectivity index (χ2n) is 5.37. The van der Waals surface area contributed by atoms with E-state index in [1.54, 1.807) is 10.6 Å². The number of rotatable bonds is 5. The van der Waals surface area contributed by atoms with Crippen LogP contribution in [0.15, 0.2) is 41.4 Å². The molecule has 4 nitrogen and oxygen atoms in total. The summed E-state index contributed by atoms with van der Waals surface area (Å²) in [5.74, 6) is -1.01. The molecule has 0 aliphatic carbocycles. The highest BCUT2D eigenvalue weighted by Gasteiger charge is 2.14. The Kier molecular flexibility index (Phi) is 6.09. The van der Waals surface area contributed by atoms with Gasteiger partial charge in [0.05, 0.1) is 26.9 Å². The van der Waals surface area contributed by atoms with Crippen molar-refractivity contribution in [1.29, 1.82) is 0 Å². The van der Waals surface area contributed by atoms with E-state index in [1.807, 2.05) is 13.0 Å². The van der Waals surface area contributed by atoms with Crippen LogP contribution in [-0.4, -0.2) is 23.7 Å². The summed E-state index contributed by atoms with van der Waals surface area (Å²) in [5, 5.41) is 0.821. The molecule has 0 saturated carbocycles. The number of halogens is 3. The van der Waals surface area contributed by atoms with Gasteiger partial charge in [-0.1, -0.05) is 40.6 Å². The highest BCUT2D eigenvalue weighted by Crippen LogP contribution is 2.32. The third-order valence-corrected chi connectivity index (χ3v) is 5.50. The van der Waals surface area contributed by atoms with Crippen LogP contribution in [-0.2, 0) is 11.3 Å². The molecule has 26 heavy (non-hydrogen) atoms. The lowest BCUT2D eigenvalue weighted by atomic mass is 10.2. The lowest BCUT2D eigenvalue weighted by molar-refractivity contribution is 0.0996. The van der Waals surface area contributed by atoms with Gasteiger partial charge in [0.2, 0.25) is 0 Å². The Morgan fingerprint density at radius 3 is 2.85 bits per heavy atom. The van der Waals surface area contributed by atoms with E-state index in [4.69, 9.17) is 27.9 Å². The average molecular weight is 413 g/mol. The van der Waals surface area contributed by atoms with Crippen LogP contribution in [0.5, 0.6) is 0 Å². The molecular weight excluding hydrogens is 398 g/mol. The summed E-state index contributed by atoms with van der Waals surface area (Å²) in [6.07, 6.45) is 0. The Morgan fingerprint density at radius 1 is 1.31 bits per heavy atom. The summed E-state index contributed by atoms with van der Waals surface area (Å²) in [6.45, 7) is 3.38. The van der Waals surface area contributed by atoms with Crippen molar-refractivity contribution in [3.63, 3.8) is 0 Å². The predicted octanol–water partition coefficient (Wildman–Crippen LogP) is 4.93. The van der Waals surface area contributed by atoms with E-state index in [0.717, 1.165) is 10.8 Å². The molecule has 1 amide bonds. The van der Waals surface area contributed by atoms with E-state index < -0.39 is 11.7 Å². The minimum absolute atomic E-state index is 0.183. The molecule has 0 aliphatic rings. The van der Waals surface area contributed by atoms with Crippen molar-refractivity contribution in [3.05, 3.63) is 62.6 Å². The molecule has 0 N–H and O–H groups in total. The van der Waals surface area contributed by atoms with Crippen LogP contribution >= 0.6 is 34.5 Å². The first-order valence-electron chi connectivity index (χ1n) is 7.91. The number of hydrogen-bond donors (Lipinski definition) is 0. The van der Waals surface area contributed by atoms with Crippen LogP contribution in [0.3, 0.4) is 0 Å². The molecule has 0 spiro atoms. The van der Waals surface area contributed by atoms with Gasteiger partial charge >= 0.3 is 0 Å². The van der Waals surface area contributed by atoms with E-state index in [-0.39, 0.29) is 5.56 Å². The van der Waals surface area contributed by atoms with Crippen molar-refractivity contribution in [2.45, 2.75) is 13.5 Å². The zero-order valence-corrected chi connectivity index (χ0v) is 16.2. The van der Waals surface area contributed by atoms with E-state index >= 15 is 0 Å². The number of hydrogen-bond acceptors (Lipinski definition) is 3. The minimum Gasteiger partial charge on any atom is -0.380 e. The van der Waals surface area contributed by atoms with Gasteiger partial charge in [0.25, 0.3) is 5.91 Å². The number of carbonyl (C=O) groups excluding carboxylic acids is 1. The van der Waals surface area contributed by atoms with Gasteiger partial charge in [-0.05, 0) is 37.3 Å². The van der Waals surface area contributed by atoms with Crippen molar-refractivity contribution in [1.82, 2.24) is 4.57 Å². The molecule has 0 saturated heterocycles. The SMILES string of the molecule is CCOCCn1c(=NC(=O)c2cccc(F)c2)sc2ccc(Cl)c(Cl)c21. The molecular formula is C18H15Cl2FN2O2S. The van der Waals surface area contributed by atoms with Gasteiger partial charge in [0.1, 0.15) is 5.82 Å². The summed E-state index contributed by atoms with van der Waals surface area (Å²) in [7, 11) is 0. The molecule has 136 valence electrons. The normalized spacial score (nSPS) is 12.1. The Hall–Kier alpha value is -1.73. The summed E-state index contributed by atoms with van der Waals surface area (Å²) < 4.78 is 21.4. The number of amides is 1. The van der Waals surface area contributed by atoms with Gasteiger partial charge < -0.3 is 9.30 Å². The Balaban J connectivity index is 2.13. The number of carbonyl (C=O) groups is 1. The van der Waals surface area contributed by atoms with Gasteiger partial charge in [-0.15, -0.1) is 0 Å². The van der Waals surface area contributed by atoms with Gasteiger partial charge in [0.15, 0.2) is 4.80 Å². The third-order valence-electron chi connectivity index (χ3n) is 3.67. The minimum atomic E-state index is -0.525. The van der Waals surface area contributed by atoms with Gasteiger partial charge in [0, 0.05) is 18.7 Å². The lowest BCUT2D eigenvalue weighted by Gasteiger charge is -2.07. The Labute approximate surface area is 163 Å². The van der Waals surface area contributed by atoms with Crippen LogP contribution < -0.4 is 4.80 Å². The summed E-state index contributed by atoms with van der Waals surface area (Å²) >= 11 is 13.8. The number of benzene rings is 2. The van der Waals surface area contributed by atoms with Gasteiger partial charge in [-0.3, -0.25) is 4.79 Å². The maximum atomic E-state index is 13.4. The maximum absolute atomic E-state index is 13.4. The first-order chi connectivity index (χ1) is 12.5. The maximum Gasteiger partial charge on any atom is 0.279 e. The first kappa shape index (κ1) is 19.0. The third kappa shape index (κ3) is 3.99. The van der Waals surface area contributed by atoms with Gasteiger partial charge in [-0.2, -0.15) is 4.99 Å². The second kappa shape index (κ2) is 8.31. The monoisotopic (exact) mass is 412 g/mol. The van der Waals surface area contributed by atoms with E-state index in [2.05, 4.69) is 4.99 Å². The molecule has 0 radical (unpaired) electrons. The molecule has 0 bridgehead atoms. The molecule has 0 unspecified atom stereocenters. The van der Waals surface area contributed by atoms with Gasteiger partial charge in [-0.25, -0.2) is 4.39 Å². The highest BCUT2D eigenvalue weighted by molar-refractivity contribution is 7.16. The zero-order chi connectivity index (χ0) is 18.7. The molecule has 0 atom stereocenters. The van der Waals surface area contributed by atoms with Crippen molar-refractivity contribution >= 4 is 50.7 Å². The molecule has 3 aromatic rings. The highest BCUT2D eigenvalue weighted by atomic mass is 35.5. The van der Waals surface area contributed by atoms with Crippen molar-refractivity contribution in [2.24, 2.45) is 4.99 Å². The fraction of sp³-hybridized carbons (Fsp3) is 0.222. The van der Waals surface area contributed by atoms with Crippen LogP contribution in [0, 0.1) is 5.82 Å². The number of aromatic nitrogens is 1. The smallest absolute Gasteiger partial charge is 0.279 e. The predicted molar refractivity (Wildman–Crippen MR) is 103 cm³/mol. The standard InChI is InChI=1S/C18H15Cl2FN2O2S/c1-2-25-9-8-23-16-14(7-6-13(19)15(16)20)26-18(23)22-17(24)11-4-3-5-12(21)10-11/h3-7,10H,2,8-9H2,1H3. The van der Waals surface area contributed by atoms with Crippen molar-refractivity contribution < 1.29 is 13.9 Å². The molecule has 0 fully saturated rings. The Bertz CT molecular complexity index is 1030. The summed E-state index contributed by atoms with van der Waals surface area (Å²) in [4.78, 5) is 17.1. The quantitative estimate of drug-likeness (QED) is 0.557. The zero-order valence-electron chi connectivity index (χ0n) is 13.8. The number of fused-ring (bicyclic) bond motifs is 1. The fourth-order valence-electron chi connectivity index (χ4n) is 2.47. The lowest BCUT2D eigenvalue weighted by Crippen LogP contribution is -2.20. The van der Waals surface area contributed by atoms with E-state index in [1.165, 1.54) is 29.5 Å². The summed E-state index contributed by atoms with van der Waals surface area (Å²) in [6, 6.07) is 8.97. The first-order valence-corrected chi connectivity index (χ1v) is 9.48. The topological polar surface area (TPSA) is 43.6 Å². The molecule has 0 aliphatic heterocycles. The van der Waals surface area contributed by atoms with E-state index in [9.17, 15) is 9.18 Å².